The highest BCUT2D eigenvalue weighted by Crippen LogP contribution is 2.32. The zero-order valence-electron chi connectivity index (χ0n) is 23.4. The molecule has 6 nitrogen and oxygen atoms in total. The molecule has 3 aromatic carbocycles. The Labute approximate surface area is 261 Å². The zero-order chi connectivity index (χ0) is 30.0. The Balaban J connectivity index is 1.62. The molecular formula is C32H28Cl2N2O4S2. The van der Waals surface area contributed by atoms with Crippen molar-refractivity contribution in [2.24, 2.45) is 4.99 Å². The molecule has 0 saturated carbocycles. The minimum atomic E-state index is -0.691. The topological polar surface area (TPSA) is 69.9 Å². The Morgan fingerprint density at radius 1 is 1.10 bits per heavy atom. The summed E-state index contributed by atoms with van der Waals surface area (Å²) in [5.74, 6) is 0.0674. The molecule has 216 valence electrons. The molecule has 1 aliphatic rings. The molecule has 5 rings (SSSR count). The van der Waals surface area contributed by atoms with Crippen LogP contribution in [0.3, 0.4) is 0 Å². The number of allylic oxidation sites excluding steroid dienone is 1. The van der Waals surface area contributed by atoms with Crippen LogP contribution in [0.15, 0.2) is 92.7 Å². The predicted molar refractivity (Wildman–Crippen MR) is 170 cm³/mol. The van der Waals surface area contributed by atoms with E-state index in [-0.39, 0.29) is 18.3 Å². The number of hydrogen-bond donors (Lipinski definition) is 0. The second-order valence-electron chi connectivity index (χ2n) is 9.91. The number of esters is 1. The van der Waals surface area contributed by atoms with Crippen LogP contribution in [0.25, 0.3) is 6.08 Å². The summed E-state index contributed by atoms with van der Waals surface area (Å²) in [6.07, 6.45) is 3.42. The maximum absolute atomic E-state index is 14.0. The fourth-order valence-corrected chi connectivity index (χ4v) is 6.49. The summed E-state index contributed by atoms with van der Waals surface area (Å²) in [4.78, 5) is 33.6. The van der Waals surface area contributed by atoms with Gasteiger partial charge in [0.05, 0.1) is 27.9 Å². The van der Waals surface area contributed by atoms with Gasteiger partial charge in [-0.05, 0) is 86.7 Å². The van der Waals surface area contributed by atoms with E-state index in [0.29, 0.717) is 42.0 Å². The number of rotatable bonds is 8. The largest absolute Gasteiger partial charge is 0.488 e. The lowest BCUT2D eigenvalue weighted by atomic mass is 9.96. The van der Waals surface area contributed by atoms with Crippen LogP contribution in [0.2, 0.25) is 10.0 Å². The summed E-state index contributed by atoms with van der Waals surface area (Å²) in [7, 11) is 0. The lowest BCUT2D eigenvalue weighted by molar-refractivity contribution is -0.143. The second kappa shape index (κ2) is 12.9. The van der Waals surface area contributed by atoms with Gasteiger partial charge < -0.3 is 9.47 Å². The van der Waals surface area contributed by atoms with Crippen molar-refractivity contribution in [3.8, 4) is 5.75 Å². The van der Waals surface area contributed by atoms with E-state index in [1.807, 2.05) is 48.7 Å². The van der Waals surface area contributed by atoms with Crippen LogP contribution in [0, 0.1) is 0 Å². The lowest BCUT2D eigenvalue weighted by Gasteiger charge is -2.25. The first kappa shape index (κ1) is 30.2. The Hall–Kier alpha value is -3.30. The van der Waals surface area contributed by atoms with Crippen molar-refractivity contribution in [3.63, 3.8) is 0 Å². The molecule has 4 aromatic rings. The first-order valence-corrected chi connectivity index (χ1v) is 16.0. The zero-order valence-corrected chi connectivity index (χ0v) is 26.5. The van der Waals surface area contributed by atoms with Crippen molar-refractivity contribution in [1.82, 2.24) is 4.57 Å². The Kier molecular flexibility index (Phi) is 9.28. The molecule has 0 fully saturated rings. The SMILES string of the molecule is CSc1ccc([C@H]2C(C(=O)OC(C)C)=C(C)N=c3s/c(=C\c4cc(Cl)ccc4OCc4cccc(Cl)c4)c(=O)n32)cc1. The van der Waals surface area contributed by atoms with Gasteiger partial charge in [0.15, 0.2) is 4.80 Å². The van der Waals surface area contributed by atoms with Gasteiger partial charge in [-0.2, -0.15) is 0 Å². The van der Waals surface area contributed by atoms with Crippen molar-refractivity contribution in [3.05, 3.63) is 124 Å². The number of fused-ring (bicyclic) bond motifs is 1. The summed E-state index contributed by atoms with van der Waals surface area (Å²) in [5.41, 5.74) is 2.92. The highest BCUT2D eigenvalue weighted by molar-refractivity contribution is 7.98. The molecule has 0 N–H and O–H groups in total. The first-order valence-electron chi connectivity index (χ1n) is 13.2. The van der Waals surface area contributed by atoms with Crippen LogP contribution >= 0.6 is 46.3 Å². The third-order valence-electron chi connectivity index (χ3n) is 6.56. The Morgan fingerprint density at radius 3 is 2.52 bits per heavy atom. The average molecular weight is 640 g/mol. The van der Waals surface area contributed by atoms with E-state index in [9.17, 15) is 9.59 Å². The third kappa shape index (κ3) is 6.52. The van der Waals surface area contributed by atoms with Crippen molar-refractivity contribution >= 4 is 58.3 Å². The van der Waals surface area contributed by atoms with Gasteiger partial charge in [0.25, 0.3) is 5.56 Å². The van der Waals surface area contributed by atoms with E-state index < -0.39 is 12.0 Å². The van der Waals surface area contributed by atoms with Gasteiger partial charge >= 0.3 is 5.97 Å². The highest BCUT2D eigenvalue weighted by atomic mass is 35.5. The molecule has 42 heavy (non-hydrogen) atoms. The molecule has 0 amide bonds. The second-order valence-corrected chi connectivity index (χ2v) is 12.7. The van der Waals surface area contributed by atoms with Gasteiger partial charge in [-0.3, -0.25) is 9.36 Å². The number of thiazole rings is 1. The van der Waals surface area contributed by atoms with Crippen LogP contribution < -0.4 is 19.6 Å². The number of hydrogen-bond acceptors (Lipinski definition) is 7. The number of carbonyl (C=O) groups excluding carboxylic acids is 1. The normalized spacial score (nSPS) is 15.0. The van der Waals surface area contributed by atoms with Gasteiger partial charge in [-0.15, -0.1) is 11.8 Å². The van der Waals surface area contributed by atoms with Crippen molar-refractivity contribution in [2.75, 3.05) is 6.26 Å². The smallest absolute Gasteiger partial charge is 0.338 e. The molecule has 1 atom stereocenters. The summed E-state index contributed by atoms with van der Waals surface area (Å²) < 4.78 is 13.7. The van der Waals surface area contributed by atoms with Crippen LogP contribution in [0.4, 0.5) is 0 Å². The minimum Gasteiger partial charge on any atom is -0.488 e. The van der Waals surface area contributed by atoms with Gasteiger partial charge in [-0.1, -0.05) is 58.8 Å². The maximum atomic E-state index is 14.0. The molecule has 0 radical (unpaired) electrons. The number of aromatic nitrogens is 1. The monoisotopic (exact) mass is 638 g/mol. The standard InChI is InChI=1S/C32H28Cl2N2O4S2/c1-18(2)40-31(38)28-19(3)35-32-36(29(28)21-8-11-25(41-4)12-9-21)30(37)27(42-32)16-22-15-24(34)10-13-26(22)39-17-20-6-5-7-23(33)14-20/h5-16,18,29H,17H2,1-4H3/b27-16-/t29-/m0/s1. The maximum Gasteiger partial charge on any atom is 0.338 e. The van der Waals surface area contributed by atoms with E-state index in [1.54, 1.807) is 67.4 Å². The summed E-state index contributed by atoms with van der Waals surface area (Å²) >= 11 is 15.3. The van der Waals surface area contributed by atoms with Crippen LogP contribution in [0.1, 0.15) is 43.5 Å². The molecule has 1 aromatic heterocycles. The Morgan fingerprint density at radius 2 is 1.83 bits per heavy atom. The van der Waals surface area contributed by atoms with E-state index in [2.05, 4.69) is 4.99 Å². The number of ether oxygens (including phenoxy) is 2. The molecule has 0 bridgehead atoms. The van der Waals surface area contributed by atoms with Crippen LogP contribution in [-0.2, 0) is 16.1 Å². The van der Waals surface area contributed by atoms with Gasteiger partial charge in [0.1, 0.15) is 12.4 Å². The number of carbonyl (C=O) groups is 1. The van der Waals surface area contributed by atoms with Crippen molar-refractivity contribution < 1.29 is 14.3 Å². The molecule has 1 aliphatic heterocycles. The molecule has 0 unspecified atom stereocenters. The minimum absolute atomic E-state index is 0.277. The predicted octanol–water partition coefficient (Wildman–Crippen LogP) is 6.79. The molecule has 0 spiro atoms. The quantitative estimate of drug-likeness (QED) is 0.157. The van der Waals surface area contributed by atoms with E-state index >= 15 is 0 Å². The number of thioether (sulfide) groups is 1. The van der Waals surface area contributed by atoms with Crippen LogP contribution in [-0.4, -0.2) is 22.9 Å². The van der Waals surface area contributed by atoms with E-state index in [4.69, 9.17) is 32.7 Å². The summed E-state index contributed by atoms with van der Waals surface area (Å²) in [5, 5.41) is 1.13. The van der Waals surface area contributed by atoms with Gasteiger partial charge in [0.2, 0.25) is 0 Å². The molecule has 2 heterocycles. The fourth-order valence-electron chi connectivity index (χ4n) is 4.65. The highest BCUT2D eigenvalue weighted by Gasteiger charge is 2.33. The molecule has 10 heteroatoms. The molecular weight excluding hydrogens is 611 g/mol. The van der Waals surface area contributed by atoms with Gasteiger partial charge in [0, 0.05) is 20.5 Å². The fraction of sp³-hybridized carbons (Fsp3) is 0.219. The van der Waals surface area contributed by atoms with E-state index in [1.165, 1.54) is 11.3 Å². The average Bonchev–Trinajstić information content (AvgIpc) is 3.25. The number of benzene rings is 3. The lowest BCUT2D eigenvalue weighted by Crippen LogP contribution is -2.40. The Bertz CT molecular complexity index is 1860. The first-order chi connectivity index (χ1) is 20.1. The molecule has 0 aliphatic carbocycles. The van der Waals surface area contributed by atoms with Crippen molar-refractivity contribution in [1.29, 1.82) is 0 Å². The van der Waals surface area contributed by atoms with Crippen LogP contribution in [0.5, 0.6) is 5.75 Å². The summed E-state index contributed by atoms with van der Waals surface area (Å²) in [6.45, 7) is 5.65. The third-order valence-corrected chi connectivity index (χ3v) is 8.75. The number of halogens is 2. The molecule has 0 saturated heterocycles. The van der Waals surface area contributed by atoms with E-state index in [0.717, 1.165) is 16.0 Å². The van der Waals surface area contributed by atoms with Crippen molar-refractivity contribution in [2.45, 2.75) is 44.4 Å². The summed E-state index contributed by atoms with van der Waals surface area (Å²) in [6, 6.07) is 19.8. The van der Waals surface area contributed by atoms with Gasteiger partial charge in [-0.25, -0.2) is 9.79 Å². The number of nitrogens with zero attached hydrogens (tertiary/aromatic N) is 2.